The molecule has 0 radical (unpaired) electrons. The van der Waals surface area contributed by atoms with Crippen LogP contribution in [-0.4, -0.2) is 33.8 Å². The van der Waals surface area contributed by atoms with E-state index in [-0.39, 0.29) is 24.3 Å². The van der Waals surface area contributed by atoms with Crippen molar-refractivity contribution in [1.82, 2.24) is 9.88 Å². The summed E-state index contributed by atoms with van der Waals surface area (Å²) in [6.07, 6.45) is 3.51. The third-order valence-corrected chi connectivity index (χ3v) is 2.70. The third-order valence-electron chi connectivity index (χ3n) is 2.70. The van der Waals surface area contributed by atoms with Crippen molar-refractivity contribution in [2.75, 3.05) is 5.32 Å². The second-order valence-corrected chi connectivity index (χ2v) is 4.34. The van der Waals surface area contributed by atoms with Gasteiger partial charge in [-0.2, -0.15) is 0 Å². The first-order valence-corrected chi connectivity index (χ1v) is 5.62. The van der Waals surface area contributed by atoms with Crippen LogP contribution in [0.15, 0.2) is 24.5 Å². The summed E-state index contributed by atoms with van der Waals surface area (Å²) < 4.78 is 0. The van der Waals surface area contributed by atoms with Crippen molar-refractivity contribution in [3.63, 3.8) is 0 Å². The van der Waals surface area contributed by atoms with Gasteiger partial charge < -0.3 is 5.32 Å². The van der Waals surface area contributed by atoms with E-state index < -0.39 is 6.04 Å². The van der Waals surface area contributed by atoms with Crippen LogP contribution in [0.1, 0.15) is 20.3 Å². The van der Waals surface area contributed by atoms with Gasteiger partial charge in [-0.1, -0.05) is 0 Å². The zero-order valence-electron chi connectivity index (χ0n) is 9.88. The number of amides is 2. The van der Waals surface area contributed by atoms with Crippen molar-refractivity contribution < 1.29 is 9.59 Å². The van der Waals surface area contributed by atoms with Crippen LogP contribution in [0.2, 0.25) is 0 Å². The van der Waals surface area contributed by atoms with Gasteiger partial charge in [0.1, 0.15) is 6.04 Å². The van der Waals surface area contributed by atoms with E-state index in [1.807, 2.05) is 19.9 Å². The summed E-state index contributed by atoms with van der Waals surface area (Å²) in [6, 6.07) is 3.05. The van der Waals surface area contributed by atoms with Crippen LogP contribution in [0.4, 0.5) is 5.69 Å². The number of pyridine rings is 1. The number of likely N-dealkylation sites (tertiary alicyclic amines) is 1. The quantitative estimate of drug-likeness (QED) is 0.792. The average Bonchev–Trinajstić information content (AvgIpc) is 2.55. The maximum absolute atomic E-state index is 12.0. The van der Waals surface area contributed by atoms with Crippen LogP contribution in [0.25, 0.3) is 0 Å². The first kappa shape index (κ1) is 11.6. The molecule has 1 unspecified atom stereocenters. The van der Waals surface area contributed by atoms with Gasteiger partial charge in [0.15, 0.2) is 0 Å². The number of hydrogen-bond acceptors (Lipinski definition) is 4. The summed E-state index contributed by atoms with van der Waals surface area (Å²) in [4.78, 5) is 28.9. The molecule has 1 fully saturated rings. The number of nitrogens with one attached hydrogen (secondary N) is 1. The van der Waals surface area contributed by atoms with Crippen LogP contribution in [-0.2, 0) is 9.59 Å². The van der Waals surface area contributed by atoms with Gasteiger partial charge in [0, 0.05) is 18.4 Å². The molecule has 1 saturated heterocycles. The topological polar surface area (TPSA) is 62.3 Å². The SMILES string of the molecule is CC(C)N1C(=O)CC(Nc2cccnc2)C1=O. The van der Waals surface area contributed by atoms with E-state index in [2.05, 4.69) is 10.3 Å². The fourth-order valence-corrected chi connectivity index (χ4v) is 1.96. The van der Waals surface area contributed by atoms with E-state index in [1.165, 1.54) is 4.90 Å². The van der Waals surface area contributed by atoms with Crippen LogP contribution in [0.3, 0.4) is 0 Å². The van der Waals surface area contributed by atoms with Crippen molar-refractivity contribution in [3.8, 4) is 0 Å². The lowest BCUT2D eigenvalue weighted by molar-refractivity contribution is -0.140. The molecule has 1 N–H and O–H groups in total. The Morgan fingerprint density at radius 2 is 2.24 bits per heavy atom. The molecule has 0 bridgehead atoms. The molecule has 0 saturated carbocycles. The summed E-state index contributed by atoms with van der Waals surface area (Å²) in [7, 11) is 0. The maximum Gasteiger partial charge on any atom is 0.252 e. The summed E-state index contributed by atoms with van der Waals surface area (Å²) >= 11 is 0. The molecular weight excluding hydrogens is 218 g/mol. The molecule has 2 amide bonds. The van der Waals surface area contributed by atoms with Gasteiger partial charge in [-0.3, -0.25) is 19.5 Å². The van der Waals surface area contributed by atoms with Crippen molar-refractivity contribution in [2.45, 2.75) is 32.4 Å². The van der Waals surface area contributed by atoms with Gasteiger partial charge in [0.25, 0.3) is 5.91 Å². The molecule has 1 aromatic rings. The first-order chi connectivity index (χ1) is 8.09. The second kappa shape index (κ2) is 4.53. The van der Waals surface area contributed by atoms with E-state index >= 15 is 0 Å². The Morgan fingerprint density at radius 3 is 2.76 bits per heavy atom. The first-order valence-electron chi connectivity index (χ1n) is 5.62. The van der Waals surface area contributed by atoms with Crippen LogP contribution >= 0.6 is 0 Å². The molecule has 90 valence electrons. The number of anilines is 1. The maximum atomic E-state index is 12.0. The Balaban J connectivity index is 2.10. The minimum absolute atomic E-state index is 0.0873. The Hall–Kier alpha value is -1.91. The molecule has 17 heavy (non-hydrogen) atoms. The molecule has 5 heteroatoms. The number of carbonyl (C=O) groups is 2. The van der Waals surface area contributed by atoms with E-state index in [4.69, 9.17) is 0 Å². The molecule has 0 aliphatic carbocycles. The van der Waals surface area contributed by atoms with Gasteiger partial charge in [-0.05, 0) is 26.0 Å². The molecule has 1 aliphatic rings. The number of rotatable bonds is 3. The molecule has 1 atom stereocenters. The molecule has 5 nitrogen and oxygen atoms in total. The Morgan fingerprint density at radius 1 is 1.47 bits per heavy atom. The number of hydrogen-bond donors (Lipinski definition) is 1. The summed E-state index contributed by atoms with van der Waals surface area (Å²) in [5.74, 6) is -0.278. The van der Waals surface area contributed by atoms with E-state index in [1.54, 1.807) is 18.5 Å². The number of aromatic nitrogens is 1. The minimum Gasteiger partial charge on any atom is -0.372 e. The van der Waals surface area contributed by atoms with Gasteiger partial charge in [-0.25, -0.2) is 0 Å². The number of imide groups is 1. The number of carbonyl (C=O) groups excluding carboxylic acids is 2. The lowest BCUT2D eigenvalue weighted by atomic mass is 10.2. The predicted molar refractivity (Wildman–Crippen MR) is 63.3 cm³/mol. The Bertz CT molecular complexity index is 431. The highest BCUT2D eigenvalue weighted by atomic mass is 16.2. The standard InChI is InChI=1S/C12H15N3O2/c1-8(2)15-11(16)6-10(12(15)17)14-9-4-3-5-13-7-9/h3-5,7-8,10,14H,6H2,1-2H3. The molecule has 1 aromatic heterocycles. The van der Waals surface area contributed by atoms with Crippen molar-refractivity contribution in [1.29, 1.82) is 0 Å². The Kier molecular flexibility index (Phi) is 3.08. The highest BCUT2D eigenvalue weighted by Gasteiger charge is 2.39. The van der Waals surface area contributed by atoms with Crippen LogP contribution in [0, 0.1) is 0 Å². The summed E-state index contributed by atoms with van der Waals surface area (Å²) in [6.45, 7) is 3.67. The third kappa shape index (κ3) is 2.27. The molecule has 0 spiro atoms. The average molecular weight is 233 g/mol. The fourth-order valence-electron chi connectivity index (χ4n) is 1.96. The van der Waals surface area contributed by atoms with Crippen LogP contribution < -0.4 is 5.32 Å². The second-order valence-electron chi connectivity index (χ2n) is 4.34. The summed E-state index contributed by atoms with van der Waals surface area (Å²) in [5.41, 5.74) is 0.754. The van der Waals surface area contributed by atoms with E-state index in [0.717, 1.165) is 5.69 Å². The van der Waals surface area contributed by atoms with Crippen molar-refractivity contribution >= 4 is 17.5 Å². The monoisotopic (exact) mass is 233 g/mol. The largest absolute Gasteiger partial charge is 0.372 e. The number of nitrogens with zero attached hydrogens (tertiary/aromatic N) is 2. The van der Waals surface area contributed by atoms with Crippen LogP contribution in [0.5, 0.6) is 0 Å². The Labute approximate surface area is 99.8 Å². The van der Waals surface area contributed by atoms with Gasteiger partial charge in [0.2, 0.25) is 5.91 Å². The highest BCUT2D eigenvalue weighted by molar-refractivity contribution is 6.07. The molecule has 1 aliphatic heterocycles. The molecular formula is C12H15N3O2. The molecule has 0 aromatic carbocycles. The lowest BCUT2D eigenvalue weighted by Gasteiger charge is -2.19. The normalized spacial score (nSPS) is 20.2. The van der Waals surface area contributed by atoms with Crippen molar-refractivity contribution in [2.24, 2.45) is 0 Å². The predicted octanol–water partition coefficient (Wildman–Crippen LogP) is 1.03. The lowest BCUT2D eigenvalue weighted by Crippen LogP contribution is -2.39. The minimum atomic E-state index is -0.464. The highest BCUT2D eigenvalue weighted by Crippen LogP contribution is 2.19. The van der Waals surface area contributed by atoms with Gasteiger partial charge in [-0.15, -0.1) is 0 Å². The summed E-state index contributed by atoms with van der Waals surface area (Å²) in [5, 5.41) is 3.03. The fraction of sp³-hybridized carbons (Fsp3) is 0.417. The molecule has 2 rings (SSSR count). The van der Waals surface area contributed by atoms with Gasteiger partial charge in [0.05, 0.1) is 12.1 Å². The van der Waals surface area contributed by atoms with Gasteiger partial charge >= 0.3 is 0 Å². The van der Waals surface area contributed by atoms with E-state index in [0.29, 0.717) is 0 Å². The van der Waals surface area contributed by atoms with E-state index in [9.17, 15) is 9.59 Å². The smallest absolute Gasteiger partial charge is 0.252 e. The molecule has 2 heterocycles. The zero-order valence-corrected chi connectivity index (χ0v) is 9.88. The van der Waals surface area contributed by atoms with Crippen molar-refractivity contribution in [3.05, 3.63) is 24.5 Å². The zero-order chi connectivity index (χ0) is 12.4.